The molecule has 2 aromatic carbocycles. The predicted octanol–water partition coefficient (Wildman–Crippen LogP) is 4.43. The topological polar surface area (TPSA) is 97.2 Å². The van der Waals surface area contributed by atoms with Gasteiger partial charge in [0.1, 0.15) is 11.8 Å². The first kappa shape index (κ1) is 21.9. The summed E-state index contributed by atoms with van der Waals surface area (Å²) in [6.07, 6.45) is 2.59. The van der Waals surface area contributed by atoms with E-state index >= 15 is 0 Å². The van der Waals surface area contributed by atoms with Crippen LogP contribution in [0.15, 0.2) is 41.2 Å². The summed E-state index contributed by atoms with van der Waals surface area (Å²) in [5, 5.41) is 10.1. The smallest absolute Gasteiger partial charge is 0.259 e. The average molecular weight is 419 g/mol. The van der Waals surface area contributed by atoms with Crippen LogP contribution in [-0.2, 0) is 0 Å². The van der Waals surface area contributed by atoms with Gasteiger partial charge in [0.2, 0.25) is 0 Å². The number of benzene rings is 2. The van der Waals surface area contributed by atoms with Gasteiger partial charge in [-0.25, -0.2) is 4.98 Å². The third kappa shape index (κ3) is 5.23. The molecular weight excluding hydrogens is 394 g/mol. The Kier molecular flexibility index (Phi) is 6.93. The molecule has 0 saturated heterocycles. The molecule has 0 unspecified atom stereocenters. The molecule has 160 valence electrons. The number of allylic oxidation sites excluding steroid dienone is 1. The van der Waals surface area contributed by atoms with E-state index in [0.29, 0.717) is 40.7 Å². The van der Waals surface area contributed by atoms with Crippen molar-refractivity contribution in [3.63, 3.8) is 0 Å². The van der Waals surface area contributed by atoms with Crippen LogP contribution >= 0.6 is 0 Å². The lowest BCUT2D eigenvalue weighted by Crippen LogP contribution is -2.11. The summed E-state index contributed by atoms with van der Waals surface area (Å²) in [5.41, 5.74) is 1.09. The number of ether oxygens (including phenoxy) is 3. The lowest BCUT2D eigenvalue weighted by atomic mass is 10.1. The van der Waals surface area contributed by atoms with E-state index in [1.807, 2.05) is 12.1 Å². The quantitative estimate of drug-likeness (QED) is 0.543. The van der Waals surface area contributed by atoms with Crippen LogP contribution in [0.2, 0.25) is 0 Å². The molecule has 31 heavy (non-hydrogen) atoms. The summed E-state index contributed by atoms with van der Waals surface area (Å²) < 4.78 is 16.4. The van der Waals surface area contributed by atoms with Crippen LogP contribution in [0.3, 0.4) is 0 Å². The predicted molar refractivity (Wildman–Crippen MR) is 120 cm³/mol. The number of H-pyrrole nitrogens is 1. The van der Waals surface area contributed by atoms with Crippen LogP contribution in [0.1, 0.15) is 31.7 Å². The van der Waals surface area contributed by atoms with Crippen molar-refractivity contribution in [2.75, 3.05) is 20.8 Å². The molecule has 1 heterocycles. The molecule has 0 atom stereocenters. The molecule has 1 N–H and O–H groups in total. The minimum atomic E-state index is -0.341. The van der Waals surface area contributed by atoms with E-state index in [9.17, 15) is 10.1 Å². The van der Waals surface area contributed by atoms with Crippen LogP contribution in [0, 0.1) is 17.2 Å². The van der Waals surface area contributed by atoms with Gasteiger partial charge in [-0.3, -0.25) is 4.79 Å². The molecule has 7 heteroatoms. The number of hydrogen-bond donors (Lipinski definition) is 1. The van der Waals surface area contributed by atoms with Gasteiger partial charge in [0.15, 0.2) is 17.3 Å². The molecular formula is C24H25N3O4. The Morgan fingerprint density at radius 3 is 2.65 bits per heavy atom. The lowest BCUT2D eigenvalue weighted by Gasteiger charge is -2.12. The molecule has 3 rings (SSSR count). The van der Waals surface area contributed by atoms with Gasteiger partial charge in [0.25, 0.3) is 5.56 Å². The maximum Gasteiger partial charge on any atom is 0.259 e. The van der Waals surface area contributed by atoms with Crippen molar-refractivity contribution in [1.82, 2.24) is 9.97 Å². The van der Waals surface area contributed by atoms with E-state index in [1.165, 1.54) is 7.11 Å². The van der Waals surface area contributed by atoms with E-state index in [4.69, 9.17) is 14.2 Å². The van der Waals surface area contributed by atoms with Gasteiger partial charge in [-0.1, -0.05) is 19.9 Å². The third-order valence-corrected chi connectivity index (χ3v) is 4.74. The maximum absolute atomic E-state index is 12.5. The molecule has 1 aromatic heterocycles. The second kappa shape index (κ2) is 9.81. The van der Waals surface area contributed by atoms with Crippen LogP contribution in [0.5, 0.6) is 17.2 Å². The molecule has 0 aliphatic heterocycles. The Labute approximate surface area is 180 Å². The highest BCUT2D eigenvalue weighted by Gasteiger charge is 2.11. The molecule has 0 spiro atoms. The van der Waals surface area contributed by atoms with Crippen molar-refractivity contribution in [3.05, 3.63) is 58.1 Å². The molecule has 0 fully saturated rings. The summed E-state index contributed by atoms with van der Waals surface area (Å²) in [4.78, 5) is 19.6. The van der Waals surface area contributed by atoms with Gasteiger partial charge in [0, 0.05) is 0 Å². The fourth-order valence-corrected chi connectivity index (χ4v) is 2.99. The van der Waals surface area contributed by atoms with Gasteiger partial charge in [-0.15, -0.1) is 0 Å². The number of fused-ring (bicyclic) bond motifs is 1. The highest BCUT2D eigenvalue weighted by molar-refractivity contribution is 5.89. The summed E-state index contributed by atoms with van der Waals surface area (Å²) in [6.45, 7) is 4.87. The molecule has 0 radical (unpaired) electrons. The van der Waals surface area contributed by atoms with E-state index < -0.39 is 0 Å². The van der Waals surface area contributed by atoms with E-state index in [1.54, 1.807) is 37.5 Å². The number of hydrogen-bond acceptors (Lipinski definition) is 6. The summed E-state index contributed by atoms with van der Waals surface area (Å²) in [5.74, 6) is 2.52. The maximum atomic E-state index is 12.5. The van der Waals surface area contributed by atoms with Crippen LogP contribution in [-0.4, -0.2) is 30.8 Å². The summed E-state index contributed by atoms with van der Waals surface area (Å²) >= 11 is 0. The first-order valence-electron chi connectivity index (χ1n) is 9.96. The average Bonchev–Trinajstić information content (AvgIpc) is 2.77. The van der Waals surface area contributed by atoms with Crippen LogP contribution in [0.4, 0.5) is 0 Å². The number of aromatic amines is 1. The standard InChI is InChI=1S/C24H25N3O4/c1-15(2)9-10-31-21-8-5-16(12-22(21)30-4)11-17(14-25)23-26-20-7-6-18(29-3)13-19(20)24(28)27-23/h5-8,11-13,15H,9-10H2,1-4H3,(H,26,27,28). The van der Waals surface area contributed by atoms with Crippen molar-refractivity contribution in [2.24, 2.45) is 5.92 Å². The van der Waals surface area contributed by atoms with Gasteiger partial charge in [0.05, 0.1) is 37.3 Å². The molecule has 3 aromatic rings. The number of methoxy groups -OCH3 is 2. The number of nitriles is 1. The zero-order valence-corrected chi connectivity index (χ0v) is 18.1. The van der Waals surface area contributed by atoms with E-state index in [-0.39, 0.29) is 17.0 Å². The number of nitrogens with one attached hydrogen (secondary N) is 1. The second-order valence-electron chi connectivity index (χ2n) is 7.41. The molecule has 0 saturated carbocycles. The van der Waals surface area contributed by atoms with Gasteiger partial charge >= 0.3 is 0 Å². The molecule has 0 amide bonds. The number of nitrogens with zero attached hydrogens (tertiary/aromatic N) is 2. The fraction of sp³-hybridized carbons (Fsp3) is 0.292. The van der Waals surface area contributed by atoms with Crippen LogP contribution in [0.25, 0.3) is 22.6 Å². The van der Waals surface area contributed by atoms with E-state index in [2.05, 4.69) is 29.9 Å². The Bertz CT molecular complexity index is 1210. The van der Waals surface area contributed by atoms with Gasteiger partial charge in [-0.2, -0.15) is 5.26 Å². The molecule has 0 aliphatic rings. The molecule has 7 nitrogen and oxygen atoms in total. The monoisotopic (exact) mass is 419 g/mol. The minimum Gasteiger partial charge on any atom is -0.497 e. The first-order valence-corrected chi connectivity index (χ1v) is 9.96. The van der Waals surface area contributed by atoms with Crippen molar-refractivity contribution < 1.29 is 14.2 Å². The Morgan fingerprint density at radius 2 is 1.97 bits per heavy atom. The van der Waals surface area contributed by atoms with Crippen molar-refractivity contribution in [1.29, 1.82) is 5.26 Å². The van der Waals surface area contributed by atoms with Crippen molar-refractivity contribution in [3.8, 4) is 23.3 Å². The Morgan fingerprint density at radius 1 is 1.16 bits per heavy atom. The van der Waals surface area contributed by atoms with Crippen molar-refractivity contribution in [2.45, 2.75) is 20.3 Å². The normalized spacial score (nSPS) is 11.4. The summed E-state index contributed by atoms with van der Waals surface area (Å²) in [6, 6.07) is 12.6. The third-order valence-electron chi connectivity index (χ3n) is 4.74. The van der Waals surface area contributed by atoms with Crippen molar-refractivity contribution >= 4 is 22.6 Å². The highest BCUT2D eigenvalue weighted by Crippen LogP contribution is 2.30. The highest BCUT2D eigenvalue weighted by atomic mass is 16.5. The van der Waals surface area contributed by atoms with Crippen LogP contribution < -0.4 is 19.8 Å². The summed E-state index contributed by atoms with van der Waals surface area (Å²) in [7, 11) is 3.10. The number of aromatic nitrogens is 2. The lowest BCUT2D eigenvalue weighted by molar-refractivity contribution is 0.273. The second-order valence-corrected chi connectivity index (χ2v) is 7.41. The molecule has 0 aliphatic carbocycles. The number of rotatable bonds is 8. The Hall–Kier alpha value is -3.79. The largest absolute Gasteiger partial charge is 0.497 e. The van der Waals surface area contributed by atoms with Gasteiger partial charge < -0.3 is 19.2 Å². The minimum absolute atomic E-state index is 0.196. The molecule has 0 bridgehead atoms. The fourth-order valence-electron chi connectivity index (χ4n) is 2.99. The van der Waals surface area contributed by atoms with E-state index in [0.717, 1.165) is 12.0 Å². The SMILES string of the molecule is COc1ccc2nc(C(C#N)=Cc3ccc(OCCC(C)C)c(OC)c3)[nH]c(=O)c2c1. The Balaban J connectivity index is 1.94. The zero-order chi connectivity index (χ0) is 22.4. The first-order chi connectivity index (χ1) is 14.9. The van der Waals surface area contributed by atoms with Gasteiger partial charge in [-0.05, 0) is 54.3 Å². The zero-order valence-electron chi connectivity index (χ0n) is 18.1.